The molecule has 2 heterocycles. The summed E-state index contributed by atoms with van der Waals surface area (Å²) in [5, 5.41) is 6.64. The highest BCUT2D eigenvalue weighted by Gasteiger charge is 2.16. The van der Waals surface area contributed by atoms with Gasteiger partial charge in [-0.15, -0.1) is 0 Å². The number of halogens is 2. The third-order valence-electron chi connectivity index (χ3n) is 5.11. The Bertz CT molecular complexity index is 1320. The summed E-state index contributed by atoms with van der Waals surface area (Å²) in [5.41, 5.74) is 2.74. The minimum atomic E-state index is -0.547. The monoisotopic (exact) mass is 482 g/mol. The summed E-state index contributed by atoms with van der Waals surface area (Å²) in [5.74, 6) is -0.773. The molecule has 0 aliphatic carbocycles. The second-order valence-electron chi connectivity index (χ2n) is 7.76. The number of carbonyl (C=O) groups excluding carboxylic acids is 2. The number of fused-ring (bicyclic) bond motifs is 1. The Kier molecular flexibility index (Phi) is 6.67. The molecule has 33 heavy (non-hydrogen) atoms. The summed E-state index contributed by atoms with van der Waals surface area (Å²) in [6.45, 7) is 3.72. The number of aldehydes is 1. The predicted molar refractivity (Wildman–Crippen MR) is 130 cm³/mol. The first-order chi connectivity index (χ1) is 15.9. The molecule has 4 aromatic rings. The van der Waals surface area contributed by atoms with Gasteiger partial charge >= 0.3 is 0 Å². The maximum atomic E-state index is 14.8. The van der Waals surface area contributed by atoms with Crippen molar-refractivity contribution >= 4 is 56.2 Å². The highest BCUT2D eigenvalue weighted by atomic mass is 35.5. The van der Waals surface area contributed by atoms with Gasteiger partial charge in [-0.3, -0.25) is 9.78 Å². The Balaban J connectivity index is 1.49. The van der Waals surface area contributed by atoms with Gasteiger partial charge in [0.05, 0.1) is 21.5 Å². The lowest BCUT2D eigenvalue weighted by atomic mass is 10.0. The van der Waals surface area contributed by atoms with Gasteiger partial charge in [0, 0.05) is 18.0 Å². The largest absolute Gasteiger partial charge is 0.342 e. The van der Waals surface area contributed by atoms with Gasteiger partial charge < -0.3 is 15.4 Å². The fraction of sp³-hybridized carbons (Fsp3) is 0.167. The summed E-state index contributed by atoms with van der Waals surface area (Å²) in [4.78, 5) is 31.9. The van der Waals surface area contributed by atoms with E-state index in [1.807, 2.05) is 13.8 Å². The number of aromatic nitrogens is 2. The van der Waals surface area contributed by atoms with Crippen molar-refractivity contribution in [2.75, 3.05) is 5.32 Å². The van der Waals surface area contributed by atoms with Gasteiger partial charge in [-0.05, 0) is 41.3 Å². The number of pyridine rings is 1. The van der Waals surface area contributed by atoms with Crippen LogP contribution in [0.1, 0.15) is 24.2 Å². The SMILES string of the molecule is CC(C)[C@@H](C=O)NC(=O)c1ccc(-c2ccc(Nc3nc4c(Cl)cncc4s3)c(F)c2)cc1. The summed E-state index contributed by atoms with van der Waals surface area (Å²) >= 11 is 7.44. The van der Waals surface area contributed by atoms with Crippen molar-refractivity contribution in [2.24, 2.45) is 5.92 Å². The van der Waals surface area contributed by atoms with Gasteiger partial charge in [-0.25, -0.2) is 9.37 Å². The van der Waals surface area contributed by atoms with Crippen LogP contribution in [0.2, 0.25) is 5.02 Å². The molecule has 6 nitrogen and oxygen atoms in total. The molecule has 2 aromatic carbocycles. The van der Waals surface area contributed by atoms with E-state index < -0.39 is 11.9 Å². The van der Waals surface area contributed by atoms with Crippen molar-refractivity contribution in [3.8, 4) is 11.1 Å². The second kappa shape index (κ2) is 9.64. The predicted octanol–water partition coefficient (Wildman–Crippen LogP) is 5.85. The quantitative estimate of drug-likeness (QED) is 0.323. The van der Waals surface area contributed by atoms with Gasteiger partial charge in [0.1, 0.15) is 17.6 Å². The maximum Gasteiger partial charge on any atom is 0.251 e. The molecule has 0 spiro atoms. The molecule has 1 atom stereocenters. The molecule has 2 aromatic heterocycles. The Morgan fingerprint density at radius 2 is 1.85 bits per heavy atom. The van der Waals surface area contributed by atoms with Crippen LogP contribution >= 0.6 is 22.9 Å². The van der Waals surface area contributed by atoms with E-state index in [9.17, 15) is 14.0 Å². The zero-order chi connectivity index (χ0) is 23.5. The highest BCUT2D eigenvalue weighted by Crippen LogP contribution is 2.33. The number of anilines is 2. The molecule has 2 N–H and O–H groups in total. The van der Waals surface area contributed by atoms with E-state index in [1.54, 1.807) is 42.6 Å². The first-order valence-corrected chi connectivity index (χ1v) is 11.4. The first-order valence-electron chi connectivity index (χ1n) is 10.2. The van der Waals surface area contributed by atoms with Crippen LogP contribution < -0.4 is 10.6 Å². The van der Waals surface area contributed by atoms with Crippen molar-refractivity contribution in [3.05, 3.63) is 71.3 Å². The zero-order valence-electron chi connectivity index (χ0n) is 17.8. The lowest BCUT2D eigenvalue weighted by Gasteiger charge is -2.16. The Morgan fingerprint density at radius 1 is 1.12 bits per heavy atom. The van der Waals surface area contributed by atoms with E-state index in [-0.39, 0.29) is 17.5 Å². The molecule has 168 valence electrons. The van der Waals surface area contributed by atoms with E-state index in [0.717, 1.165) is 16.5 Å². The van der Waals surface area contributed by atoms with E-state index in [4.69, 9.17) is 11.6 Å². The van der Waals surface area contributed by atoms with Crippen LogP contribution in [-0.4, -0.2) is 28.2 Å². The number of benzene rings is 2. The molecule has 4 rings (SSSR count). The molecule has 1 amide bonds. The van der Waals surface area contributed by atoms with E-state index >= 15 is 0 Å². The van der Waals surface area contributed by atoms with Crippen LogP contribution in [0.15, 0.2) is 54.9 Å². The highest BCUT2D eigenvalue weighted by molar-refractivity contribution is 7.22. The number of carbonyl (C=O) groups is 2. The fourth-order valence-corrected chi connectivity index (χ4v) is 4.32. The first kappa shape index (κ1) is 22.8. The molecule has 0 saturated heterocycles. The topological polar surface area (TPSA) is 84.0 Å². The third-order valence-corrected chi connectivity index (χ3v) is 6.29. The molecular weight excluding hydrogens is 463 g/mol. The van der Waals surface area contributed by atoms with Crippen LogP contribution in [0, 0.1) is 11.7 Å². The Hall–Kier alpha value is -3.36. The van der Waals surface area contributed by atoms with Crippen LogP contribution in [-0.2, 0) is 4.79 Å². The van der Waals surface area contributed by atoms with Gasteiger partial charge in [0.2, 0.25) is 0 Å². The van der Waals surface area contributed by atoms with Crippen molar-refractivity contribution in [1.82, 2.24) is 15.3 Å². The maximum absolute atomic E-state index is 14.8. The Labute approximate surface area is 198 Å². The third kappa shape index (κ3) is 5.02. The molecule has 9 heteroatoms. The van der Waals surface area contributed by atoms with Gasteiger partial charge in [0.25, 0.3) is 5.91 Å². The van der Waals surface area contributed by atoms with E-state index in [1.165, 1.54) is 23.6 Å². The van der Waals surface area contributed by atoms with E-state index in [0.29, 0.717) is 26.8 Å². The van der Waals surface area contributed by atoms with E-state index in [2.05, 4.69) is 20.6 Å². The zero-order valence-corrected chi connectivity index (χ0v) is 19.4. The second-order valence-corrected chi connectivity index (χ2v) is 9.20. The average molecular weight is 483 g/mol. The summed E-state index contributed by atoms with van der Waals surface area (Å²) in [6.07, 6.45) is 3.91. The number of hydrogen-bond acceptors (Lipinski definition) is 6. The van der Waals surface area contributed by atoms with Crippen molar-refractivity contribution in [2.45, 2.75) is 19.9 Å². The van der Waals surface area contributed by atoms with Crippen molar-refractivity contribution < 1.29 is 14.0 Å². The van der Waals surface area contributed by atoms with Crippen molar-refractivity contribution in [3.63, 3.8) is 0 Å². The molecule has 0 bridgehead atoms. The molecule has 0 aliphatic rings. The minimum Gasteiger partial charge on any atom is -0.342 e. The van der Waals surface area contributed by atoms with Gasteiger partial charge in [0.15, 0.2) is 5.13 Å². The van der Waals surface area contributed by atoms with Crippen LogP contribution in [0.5, 0.6) is 0 Å². The standard InChI is InChI=1S/C24H20ClFN4O2S/c1-13(2)20(12-31)28-23(32)15-5-3-14(4-6-15)16-7-8-19(18(26)9-16)29-24-30-22-17(25)10-27-11-21(22)33-24/h3-13,20H,1-2H3,(H,28,32)(H,29,30)/t20-/m1/s1. The summed E-state index contributed by atoms with van der Waals surface area (Å²) in [7, 11) is 0. The lowest BCUT2D eigenvalue weighted by molar-refractivity contribution is -0.110. The number of thiazole rings is 1. The normalized spacial score (nSPS) is 12.0. The summed E-state index contributed by atoms with van der Waals surface area (Å²) in [6, 6.07) is 11.1. The molecular formula is C24H20ClFN4O2S. The number of amides is 1. The number of rotatable bonds is 7. The fourth-order valence-electron chi connectivity index (χ4n) is 3.19. The minimum absolute atomic E-state index is 0.00256. The number of nitrogens with one attached hydrogen (secondary N) is 2. The van der Waals surface area contributed by atoms with Crippen molar-refractivity contribution in [1.29, 1.82) is 0 Å². The van der Waals surface area contributed by atoms with Gasteiger partial charge in [-0.1, -0.05) is 55.0 Å². The molecule has 0 radical (unpaired) electrons. The van der Waals surface area contributed by atoms with Gasteiger partial charge in [-0.2, -0.15) is 0 Å². The summed E-state index contributed by atoms with van der Waals surface area (Å²) < 4.78 is 15.6. The van der Waals surface area contributed by atoms with Crippen LogP contribution in [0.4, 0.5) is 15.2 Å². The lowest BCUT2D eigenvalue weighted by Crippen LogP contribution is -2.39. The molecule has 0 fully saturated rings. The Morgan fingerprint density at radius 3 is 2.48 bits per heavy atom. The van der Waals surface area contributed by atoms with Crippen LogP contribution in [0.3, 0.4) is 0 Å². The molecule has 0 saturated carbocycles. The van der Waals surface area contributed by atoms with Crippen LogP contribution in [0.25, 0.3) is 21.3 Å². The molecule has 0 aliphatic heterocycles. The average Bonchev–Trinajstić information content (AvgIpc) is 3.22. The smallest absolute Gasteiger partial charge is 0.251 e. The number of hydrogen-bond donors (Lipinski definition) is 2. The molecule has 0 unspecified atom stereocenters. The number of nitrogens with zero attached hydrogens (tertiary/aromatic N) is 2.